The van der Waals surface area contributed by atoms with Gasteiger partial charge < -0.3 is 15.2 Å². The Morgan fingerprint density at radius 2 is 1.79 bits per heavy atom. The highest BCUT2D eigenvalue weighted by atomic mass is 16.5. The largest absolute Gasteiger partial charge is 0.473 e. The highest BCUT2D eigenvalue weighted by Crippen LogP contribution is 2.31. The number of anilines is 1. The Morgan fingerprint density at radius 1 is 1.16 bits per heavy atom. The molecule has 1 aromatic heterocycles. The van der Waals surface area contributed by atoms with Crippen LogP contribution in [0.4, 0.5) is 5.69 Å². The molecule has 1 fully saturated rings. The lowest BCUT2D eigenvalue weighted by Gasteiger charge is -2.26. The number of nitrogens with two attached hydrogens (primary N) is 1. The number of ether oxygens (including phenoxy) is 2. The first kappa shape index (κ1) is 13.9. The summed E-state index contributed by atoms with van der Waals surface area (Å²) >= 11 is 0. The molecule has 5 nitrogen and oxygen atoms in total. The molecule has 0 bridgehead atoms. The molecule has 2 N–H and O–H groups in total. The normalized spacial score (nSPS) is 23.4. The molecule has 0 aliphatic heterocycles. The Labute approximate surface area is 114 Å². The van der Waals surface area contributed by atoms with Gasteiger partial charge >= 0.3 is 0 Å². The lowest BCUT2D eigenvalue weighted by molar-refractivity contribution is 0.130. The minimum atomic E-state index is 0.0283. The van der Waals surface area contributed by atoms with Gasteiger partial charge in [0.15, 0.2) is 5.69 Å². The van der Waals surface area contributed by atoms with Crippen molar-refractivity contribution in [2.75, 3.05) is 5.73 Å². The standard InChI is InChI=1S/C14H23N3O2/c1-9(2)18-13-12(15)14(17-8-16-13)19-11-6-4-10(3)5-7-11/h8-11H,4-7,15H2,1-3H3. The topological polar surface area (TPSA) is 70.3 Å². The molecule has 5 heteroatoms. The molecular formula is C14H23N3O2. The Bertz CT molecular complexity index is 415. The van der Waals surface area contributed by atoms with Crippen molar-refractivity contribution in [2.45, 2.75) is 58.7 Å². The minimum absolute atomic E-state index is 0.0283. The van der Waals surface area contributed by atoms with Crippen molar-refractivity contribution in [3.8, 4) is 11.8 Å². The Balaban J connectivity index is 2.04. The molecule has 2 rings (SSSR count). The molecule has 0 amide bonds. The minimum Gasteiger partial charge on any atom is -0.473 e. The van der Waals surface area contributed by atoms with Crippen LogP contribution in [0.15, 0.2) is 6.33 Å². The molecule has 1 aliphatic rings. The Kier molecular flexibility index (Phi) is 4.45. The fraction of sp³-hybridized carbons (Fsp3) is 0.714. The second kappa shape index (κ2) is 6.08. The zero-order valence-electron chi connectivity index (χ0n) is 11.9. The lowest BCUT2D eigenvalue weighted by atomic mass is 9.89. The van der Waals surface area contributed by atoms with E-state index in [0.717, 1.165) is 18.8 Å². The van der Waals surface area contributed by atoms with E-state index in [2.05, 4.69) is 16.9 Å². The van der Waals surface area contributed by atoms with E-state index in [1.165, 1.54) is 19.2 Å². The van der Waals surface area contributed by atoms with Crippen molar-refractivity contribution in [3.63, 3.8) is 0 Å². The number of aromatic nitrogens is 2. The summed E-state index contributed by atoms with van der Waals surface area (Å²) in [5.41, 5.74) is 6.40. The Hall–Kier alpha value is -1.52. The van der Waals surface area contributed by atoms with E-state index in [4.69, 9.17) is 15.2 Å². The fourth-order valence-corrected chi connectivity index (χ4v) is 2.28. The van der Waals surface area contributed by atoms with Crippen molar-refractivity contribution in [1.82, 2.24) is 9.97 Å². The van der Waals surface area contributed by atoms with E-state index in [-0.39, 0.29) is 12.2 Å². The molecule has 1 saturated carbocycles. The summed E-state index contributed by atoms with van der Waals surface area (Å²) in [6.07, 6.45) is 6.20. The summed E-state index contributed by atoms with van der Waals surface area (Å²) in [5, 5.41) is 0. The summed E-state index contributed by atoms with van der Waals surface area (Å²) in [6, 6.07) is 0. The van der Waals surface area contributed by atoms with E-state index in [1.54, 1.807) is 0 Å². The average molecular weight is 265 g/mol. The third kappa shape index (κ3) is 3.72. The van der Waals surface area contributed by atoms with E-state index < -0.39 is 0 Å². The van der Waals surface area contributed by atoms with Gasteiger partial charge in [0.25, 0.3) is 0 Å². The number of nitrogen functional groups attached to an aromatic ring is 1. The highest BCUT2D eigenvalue weighted by Gasteiger charge is 2.22. The van der Waals surface area contributed by atoms with Crippen molar-refractivity contribution in [3.05, 3.63) is 6.33 Å². The molecule has 106 valence electrons. The van der Waals surface area contributed by atoms with E-state index in [1.807, 2.05) is 13.8 Å². The number of hydrogen-bond acceptors (Lipinski definition) is 5. The van der Waals surface area contributed by atoms with E-state index in [0.29, 0.717) is 17.4 Å². The summed E-state index contributed by atoms with van der Waals surface area (Å²) in [4.78, 5) is 8.17. The van der Waals surface area contributed by atoms with Crippen LogP contribution in [0.1, 0.15) is 46.5 Å². The molecule has 0 spiro atoms. The molecule has 19 heavy (non-hydrogen) atoms. The lowest BCUT2D eigenvalue weighted by Crippen LogP contribution is -2.24. The maximum atomic E-state index is 6.00. The van der Waals surface area contributed by atoms with Crippen LogP contribution in [0.3, 0.4) is 0 Å². The van der Waals surface area contributed by atoms with Crippen LogP contribution in [0, 0.1) is 5.92 Å². The van der Waals surface area contributed by atoms with Gasteiger partial charge in [-0.1, -0.05) is 6.92 Å². The zero-order valence-corrected chi connectivity index (χ0v) is 11.9. The van der Waals surface area contributed by atoms with Crippen LogP contribution < -0.4 is 15.2 Å². The SMILES string of the molecule is CC1CCC(Oc2ncnc(OC(C)C)c2N)CC1. The summed E-state index contributed by atoms with van der Waals surface area (Å²) in [7, 11) is 0. The number of nitrogens with zero attached hydrogens (tertiary/aromatic N) is 2. The summed E-state index contributed by atoms with van der Waals surface area (Å²) in [6.45, 7) is 6.15. The van der Waals surface area contributed by atoms with Gasteiger partial charge in [-0.2, -0.15) is 9.97 Å². The fourth-order valence-electron chi connectivity index (χ4n) is 2.28. The first-order chi connectivity index (χ1) is 9.06. The van der Waals surface area contributed by atoms with Crippen molar-refractivity contribution in [1.29, 1.82) is 0 Å². The second-order valence-electron chi connectivity index (χ2n) is 5.56. The smallest absolute Gasteiger partial charge is 0.244 e. The van der Waals surface area contributed by atoms with E-state index >= 15 is 0 Å². The highest BCUT2D eigenvalue weighted by molar-refractivity contribution is 5.55. The molecule has 0 saturated heterocycles. The van der Waals surface area contributed by atoms with Gasteiger partial charge in [0.05, 0.1) is 6.10 Å². The monoisotopic (exact) mass is 265 g/mol. The van der Waals surface area contributed by atoms with Crippen LogP contribution >= 0.6 is 0 Å². The summed E-state index contributed by atoms with van der Waals surface area (Å²) < 4.78 is 11.4. The number of rotatable bonds is 4. The molecule has 0 aromatic carbocycles. The van der Waals surface area contributed by atoms with Crippen molar-refractivity contribution < 1.29 is 9.47 Å². The van der Waals surface area contributed by atoms with E-state index in [9.17, 15) is 0 Å². The molecule has 0 unspecified atom stereocenters. The molecule has 0 radical (unpaired) electrons. The van der Waals surface area contributed by atoms with Crippen LogP contribution in [0.2, 0.25) is 0 Å². The molecule has 1 heterocycles. The van der Waals surface area contributed by atoms with Crippen molar-refractivity contribution >= 4 is 5.69 Å². The van der Waals surface area contributed by atoms with Gasteiger partial charge in [-0.15, -0.1) is 0 Å². The predicted octanol–water partition coefficient (Wildman–Crippen LogP) is 2.80. The summed E-state index contributed by atoms with van der Waals surface area (Å²) in [5.74, 6) is 1.65. The average Bonchev–Trinajstić information content (AvgIpc) is 2.36. The molecule has 1 aliphatic carbocycles. The molecule has 1 aromatic rings. The first-order valence-electron chi connectivity index (χ1n) is 7.00. The molecular weight excluding hydrogens is 242 g/mol. The van der Waals surface area contributed by atoms with Gasteiger partial charge in [0.2, 0.25) is 11.8 Å². The second-order valence-corrected chi connectivity index (χ2v) is 5.56. The van der Waals surface area contributed by atoms with Crippen LogP contribution in [-0.4, -0.2) is 22.2 Å². The van der Waals surface area contributed by atoms with Crippen LogP contribution in [0.5, 0.6) is 11.8 Å². The first-order valence-corrected chi connectivity index (χ1v) is 7.00. The van der Waals surface area contributed by atoms with Gasteiger partial charge in [-0.25, -0.2) is 0 Å². The van der Waals surface area contributed by atoms with Gasteiger partial charge in [-0.05, 0) is 45.4 Å². The number of hydrogen-bond donors (Lipinski definition) is 1. The van der Waals surface area contributed by atoms with Crippen molar-refractivity contribution in [2.24, 2.45) is 5.92 Å². The Morgan fingerprint density at radius 3 is 2.42 bits per heavy atom. The third-order valence-electron chi connectivity index (χ3n) is 3.40. The predicted molar refractivity (Wildman–Crippen MR) is 74.3 cm³/mol. The third-order valence-corrected chi connectivity index (χ3v) is 3.40. The van der Waals surface area contributed by atoms with Crippen LogP contribution in [0.25, 0.3) is 0 Å². The van der Waals surface area contributed by atoms with Gasteiger partial charge in [0, 0.05) is 0 Å². The zero-order chi connectivity index (χ0) is 13.8. The van der Waals surface area contributed by atoms with Gasteiger partial charge in [-0.3, -0.25) is 0 Å². The van der Waals surface area contributed by atoms with Gasteiger partial charge in [0.1, 0.15) is 12.4 Å². The maximum Gasteiger partial charge on any atom is 0.244 e. The van der Waals surface area contributed by atoms with Crippen LogP contribution in [-0.2, 0) is 0 Å². The molecule has 0 atom stereocenters. The maximum absolute atomic E-state index is 6.00. The quantitative estimate of drug-likeness (QED) is 0.906.